The molecule has 2 N–H and O–H groups in total. The number of nitrogens with zero attached hydrogens (tertiary/aromatic N) is 2. The zero-order valence-electron chi connectivity index (χ0n) is 19.9. The Morgan fingerprint density at radius 3 is 1.38 bits per heavy atom. The maximum absolute atomic E-state index is 5.77. The van der Waals surface area contributed by atoms with Gasteiger partial charge >= 0.3 is 0 Å². The lowest BCUT2D eigenvalue weighted by atomic mass is 10.2. The minimum absolute atomic E-state index is 0.654. The standard InChI is InChI=1S/C28H32N4O2/c1-3-5-19-33-23-15-11-21(12-16-23)29-27-28(32-26-10-8-7-9-25(26)31-27)30-22-13-17-24(18-14-22)34-20-6-4-2/h7-18H,3-6,19-20H2,1-2H3,(H,29,31)(H,30,32). The average molecular weight is 457 g/mol. The smallest absolute Gasteiger partial charge is 0.174 e. The Hall–Kier alpha value is -3.80. The van der Waals surface area contributed by atoms with Crippen molar-refractivity contribution in [3.05, 3.63) is 72.8 Å². The first-order chi connectivity index (χ1) is 16.7. The number of nitrogens with one attached hydrogen (secondary N) is 2. The van der Waals surface area contributed by atoms with Gasteiger partial charge < -0.3 is 20.1 Å². The van der Waals surface area contributed by atoms with Gasteiger partial charge in [0.1, 0.15) is 11.5 Å². The molecular formula is C28H32N4O2. The van der Waals surface area contributed by atoms with E-state index in [1.165, 1.54) is 0 Å². The Morgan fingerprint density at radius 1 is 0.588 bits per heavy atom. The van der Waals surface area contributed by atoms with E-state index in [9.17, 15) is 0 Å². The van der Waals surface area contributed by atoms with Gasteiger partial charge in [0.2, 0.25) is 0 Å². The van der Waals surface area contributed by atoms with Gasteiger partial charge in [-0.3, -0.25) is 0 Å². The topological polar surface area (TPSA) is 68.3 Å². The summed E-state index contributed by atoms with van der Waals surface area (Å²) >= 11 is 0. The van der Waals surface area contributed by atoms with Crippen LogP contribution in [0.5, 0.6) is 11.5 Å². The lowest BCUT2D eigenvalue weighted by molar-refractivity contribution is 0.309. The fraction of sp³-hybridized carbons (Fsp3) is 0.286. The number of hydrogen-bond donors (Lipinski definition) is 2. The first kappa shape index (κ1) is 23.4. The van der Waals surface area contributed by atoms with Crippen molar-refractivity contribution in [3.8, 4) is 11.5 Å². The predicted octanol–water partition coefficient (Wildman–Crippen LogP) is 7.47. The third kappa shape index (κ3) is 6.38. The molecule has 6 heteroatoms. The van der Waals surface area contributed by atoms with E-state index in [-0.39, 0.29) is 0 Å². The molecule has 0 aliphatic carbocycles. The van der Waals surface area contributed by atoms with Crippen molar-refractivity contribution in [2.45, 2.75) is 39.5 Å². The molecule has 0 unspecified atom stereocenters. The molecule has 4 rings (SSSR count). The number of unbranched alkanes of at least 4 members (excludes halogenated alkanes) is 2. The predicted molar refractivity (Wildman–Crippen MR) is 140 cm³/mol. The minimum Gasteiger partial charge on any atom is -0.494 e. The first-order valence-electron chi connectivity index (χ1n) is 12.0. The number of rotatable bonds is 12. The van der Waals surface area contributed by atoms with Crippen LogP contribution < -0.4 is 20.1 Å². The monoisotopic (exact) mass is 456 g/mol. The highest BCUT2D eigenvalue weighted by molar-refractivity contribution is 5.83. The van der Waals surface area contributed by atoms with E-state index >= 15 is 0 Å². The molecule has 0 saturated carbocycles. The van der Waals surface area contributed by atoms with Gasteiger partial charge in [0.05, 0.1) is 24.2 Å². The van der Waals surface area contributed by atoms with Crippen LogP contribution in [-0.2, 0) is 0 Å². The van der Waals surface area contributed by atoms with Gasteiger partial charge in [-0.1, -0.05) is 38.8 Å². The molecule has 0 fully saturated rings. The third-order valence-electron chi connectivity index (χ3n) is 5.34. The second-order valence-electron chi connectivity index (χ2n) is 8.11. The van der Waals surface area contributed by atoms with Gasteiger partial charge in [0.15, 0.2) is 11.6 Å². The summed E-state index contributed by atoms with van der Waals surface area (Å²) in [5.41, 5.74) is 3.48. The van der Waals surface area contributed by atoms with Crippen LogP contribution in [0.15, 0.2) is 72.8 Å². The number of fused-ring (bicyclic) bond motifs is 1. The highest BCUT2D eigenvalue weighted by atomic mass is 16.5. The number of para-hydroxylation sites is 2. The van der Waals surface area contributed by atoms with Crippen molar-refractivity contribution < 1.29 is 9.47 Å². The maximum Gasteiger partial charge on any atom is 0.174 e. The largest absolute Gasteiger partial charge is 0.494 e. The van der Waals surface area contributed by atoms with Gasteiger partial charge in [-0.05, 0) is 73.5 Å². The molecule has 0 bridgehead atoms. The fourth-order valence-electron chi connectivity index (χ4n) is 3.39. The van der Waals surface area contributed by atoms with Crippen LogP contribution in [0.25, 0.3) is 11.0 Å². The number of aromatic nitrogens is 2. The molecule has 3 aromatic carbocycles. The maximum atomic E-state index is 5.77. The van der Waals surface area contributed by atoms with Crippen LogP contribution in [0.2, 0.25) is 0 Å². The van der Waals surface area contributed by atoms with Crippen molar-refractivity contribution >= 4 is 34.0 Å². The molecular weight excluding hydrogens is 424 g/mol. The van der Waals surface area contributed by atoms with Gasteiger partial charge in [0, 0.05) is 11.4 Å². The summed E-state index contributed by atoms with van der Waals surface area (Å²) in [6.45, 7) is 5.77. The van der Waals surface area contributed by atoms with E-state index < -0.39 is 0 Å². The van der Waals surface area contributed by atoms with Crippen molar-refractivity contribution in [1.29, 1.82) is 0 Å². The minimum atomic E-state index is 0.654. The van der Waals surface area contributed by atoms with Crippen LogP contribution in [0.1, 0.15) is 39.5 Å². The lowest BCUT2D eigenvalue weighted by Crippen LogP contribution is -2.03. The Labute approximate surface area is 201 Å². The van der Waals surface area contributed by atoms with E-state index in [4.69, 9.17) is 19.4 Å². The van der Waals surface area contributed by atoms with Crippen molar-refractivity contribution in [2.75, 3.05) is 23.8 Å². The Morgan fingerprint density at radius 2 is 1.00 bits per heavy atom. The van der Waals surface area contributed by atoms with Gasteiger partial charge in [-0.15, -0.1) is 0 Å². The zero-order valence-corrected chi connectivity index (χ0v) is 19.9. The van der Waals surface area contributed by atoms with Crippen LogP contribution in [0.3, 0.4) is 0 Å². The number of anilines is 4. The molecule has 0 radical (unpaired) electrons. The van der Waals surface area contributed by atoms with E-state index in [1.54, 1.807) is 0 Å². The SMILES string of the molecule is CCCCOc1ccc(Nc2nc3ccccc3nc2Nc2ccc(OCCCC)cc2)cc1. The van der Waals surface area contributed by atoms with E-state index in [0.717, 1.165) is 72.8 Å². The summed E-state index contributed by atoms with van der Waals surface area (Å²) in [5, 5.41) is 6.82. The van der Waals surface area contributed by atoms with Crippen LogP contribution in [0.4, 0.5) is 23.0 Å². The Kier molecular flexibility index (Phi) is 8.17. The molecule has 0 aliphatic rings. The van der Waals surface area contributed by atoms with Gasteiger partial charge in [0.25, 0.3) is 0 Å². The lowest BCUT2D eigenvalue weighted by Gasteiger charge is -2.14. The first-order valence-corrected chi connectivity index (χ1v) is 12.0. The molecule has 0 spiro atoms. The van der Waals surface area contributed by atoms with Crippen molar-refractivity contribution in [3.63, 3.8) is 0 Å². The molecule has 0 saturated heterocycles. The quantitative estimate of drug-likeness (QED) is 0.215. The molecule has 1 aromatic heterocycles. The van der Waals surface area contributed by atoms with Crippen LogP contribution >= 0.6 is 0 Å². The van der Waals surface area contributed by atoms with E-state index in [0.29, 0.717) is 11.6 Å². The molecule has 0 aliphatic heterocycles. The van der Waals surface area contributed by atoms with Gasteiger partial charge in [-0.2, -0.15) is 0 Å². The normalized spacial score (nSPS) is 10.8. The average Bonchev–Trinajstić information content (AvgIpc) is 2.87. The molecule has 0 atom stereocenters. The molecule has 176 valence electrons. The highest BCUT2D eigenvalue weighted by Gasteiger charge is 2.10. The molecule has 1 heterocycles. The van der Waals surface area contributed by atoms with Gasteiger partial charge in [-0.25, -0.2) is 9.97 Å². The number of benzene rings is 3. The van der Waals surface area contributed by atoms with E-state index in [2.05, 4.69) is 24.5 Å². The van der Waals surface area contributed by atoms with Crippen LogP contribution in [-0.4, -0.2) is 23.2 Å². The van der Waals surface area contributed by atoms with Crippen LogP contribution in [0, 0.1) is 0 Å². The number of ether oxygens (including phenoxy) is 2. The van der Waals surface area contributed by atoms with E-state index in [1.807, 2.05) is 72.8 Å². The third-order valence-corrected chi connectivity index (χ3v) is 5.34. The zero-order chi connectivity index (χ0) is 23.6. The van der Waals surface area contributed by atoms with Crippen molar-refractivity contribution in [1.82, 2.24) is 9.97 Å². The van der Waals surface area contributed by atoms with Crippen molar-refractivity contribution in [2.24, 2.45) is 0 Å². The molecule has 34 heavy (non-hydrogen) atoms. The summed E-state index contributed by atoms with van der Waals surface area (Å²) in [6.07, 6.45) is 4.33. The second kappa shape index (κ2) is 11.9. The summed E-state index contributed by atoms with van der Waals surface area (Å²) in [7, 11) is 0. The Bertz CT molecular complexity index is 1080. The Balaban J connectivity index is 1.53. The second-order valence-corrected chi connectivity index (χ2v) is 8.11. The number of hydrogen-bond acceptors (Lipinski definition) is 6. The molecule has 0 amide bonds. The molecule has 4 aromatic rings. The highest BCUT2D eigenvalue weighted by Crippen LogP contribution is 2.29. The summed E-state index contributed by atoms with van der Waals surface area (Å²) in [4.78, 5) is 9.65. The fourth-order valence-corrected chi connectivity index (χ4v) is 3.39. The molecule has 6 nitrogen and oxygen atoms in total. The summed E-state index contributed by atoms with van der Waals surface area (Å²) < 4.78 is 11.5. The summed E-state index contributed by atoms with van der Waals surface area (Å²) in [5.74, 6) is 3.04. The summed E-state index contributed by atoms with van der Waals surface area (Å²) in [6, 6.07) is 23.7.